The largest absolute Gasteiger partial charge is 0.370 e. The average molecular weight is 314 g/mol. The van der Waals surface area contributed by atoms with Gasteiger partial charge < -0.3 is 16.4 Å². The Labute approximate surface area is 123 Å². The number of nitrogens with two attached hydrogens (primary N) is 2. The third-order valence-corrected chi connectivity index (χ3v) is 3.64. The molecule has 116 valence electrons. The second-order valence-corrected chi connectivity index (χ2v) is 6.70. The van der Waals surface area contributed by atoms with E-state index in [2.05, 4.69) is 4.98 Å². The number of rotatable bonds is 7. The molecule has 4 N–H and O–H groups in total. The normalized spacial score (nSPS) is 11.1. The number of nitrogens with zero attached hydrogens (tertiary/aromatic N) is 2. The molecule has 1 heterocycles. The molecule has 0 bridgehead atoms. The fourth-order valence-electron chi connectivity index (χ4n) is 1.66. The van der Waals surface area contributed by atoms with Gasteiger partial charge in [0, 0.05) is 19.7 Å². The molecule has 9 heteroatoms. The Morgan fingerprint density at radius 2 is 1.86 bits per heavy atom. The summed E-state index contributed by atoms with van der Waals surface area (Å²) in [7, 11) is -1.95. The first-order chi connectivity index (χ1) is 9.59. The molecule has 0 aliphatic carbocycles. The standard InChI is InChI=1S/C12H18N4O4S/c1-16(7-10(14)18)11-5-8(3-4-9(13)17)6-12(15-11)21(2,19)20/h5-6H,3-4,7H2,1-2H3,(H2,13,17)(H2,14,18). The summed E-state index contributed by atoms with van der Waals surface area (Å²) < 4.78 is 23.3. The summed E-state index contributed by atoms with van der Waals surface area (Å²) in [5.41, 5.74) is 10.8. The minimum Gasteiger partial charge on any atom is -0.370 e. The third-order valence-electron chi connectivity index (χ3n) is 2.67. The van der Waals surface area contributed by atoms with Gasteiger partial charge in [-0.3, -0.25) is 9.59 Å². The molecule has 0 unspecified atom stereocenters. The lowest BCUT2D eigenvalue weighted by molar-refractivity contribution is -0.118. The zero-order valence-corrected chi connectivity index (χ0v) is 12.7. The molecule has 1 rings (SSSR count). The molecule has 0 saturated heterocycles. The Balaban J connectivity index is 3.20. The van der Waals surface area contributed by atoms with Gasteiger partial charge in [-0.15, -0.1) is 0 Å². The minimum absolute atomic E-state index is 0.0895. The molecule has 0 aliphatic rings. The van der Waals surface area contributed by atoms with Crippen LogP contribution in [0.3, 0.4) is 0 Å². The molecule has 0 aliphatic heterocycles. The van der Waals surface area contributed by atoms with E-state index in [9.17, 15) is 18.0 Å². The van der Waals surface area contributed by atoms with Crippen molar-refractivity contribution >= 4 is 27.5 Å². The number of pyridine rings is 1. The molecule has 1 aromatic rings. The summed E-state index contributed by atoms with van der Waals surface area (Å²) in [6.07, 6.45) is 1.41. The van der Waals surface area contributed by atoms with E-state index < -0.39 is 21.7 Å². The van der Waals surface area contributed by atoms with Gasteiger partial charge in [0.1, 0.15) is 5.82 Å². The molecule has 1 aromatic heterocycles. The van der Waals surface area contributed by atoms with Crippen LogP contribution in [0.5, 0.6) is 0 Å². The molecule has 2 amide bonds. The van der Waals surface area contributed by atoms with E-state index in [1.165, 1.54) is 11.0 Å². The van der Waals surface area contributed by atoms with Crippen molar-refractivity contribution < 1.29 is 18.0 Å². The molecule has 0 fully saturated rings. The maximum atomic E-state index is 11.7. The van der Waals surface area contributed by atoms with E-state index in [1.54, 1.807) is 13.1 Å². The van der Waals surface area contributed by atoms with Crippen LogP contribution in [-0.4, -0.2) is 45.1 Å². The number of hydrogen-bond acceptors (Lipinski definition) is 6. The quantitative estimate of drug-likeness (QED) is 0.650. The van der Waals surface area contributed by atoms with Crippen LogP contribution in [0, 0.1) is 0 Å². The first-order valence-corrected chi connectivity index (χ1v) is 7.97. The van der Waals surface area contributed by atoms with Crippen molar-refractivity contribution in [2.75, 3.05) is 24.7 Å². The molecular weight excluding hydrogens is 296 g/mol. The monoisotopic (exact) mass is 314 g/mol. The Morgan fingerprint density at radius 3 is 2.33 bits per heavy atom. The summed E-state index contributed by atoms with van der Waals surface area (Å²) >= 11 is 0. The number of primary amides is 2. The Hall–Kier alpha value is -2.16. The summed E-state index contributed by atoms with van der Waals surface area (Å²) in [4.78, 5) is 27.2. The SMILES string of the molecule is CN(CC(N)=O)c1cc(CCC(N)=O)cc(S(C)(=O)=O)n1. The number of hydrogen-bond donors (Lipinski definition) is 2. The van der Waals surface area contributed by atoms with E-state index in [4.69, 9.17) is 11.5 Å². The first-order valence-electron chi connectivity index (χ1n) is 6.08. The molecule has 0 aromatic carbocycles. The van der Waals surface area contributed by atoms with Gasteiger partial charge >= 0.3 is 0 Å². The zero-order chi connectivity index (χ0) is 16.2. The lowest BCUT2D eigenvalue weighted by Crippen LogP contribution is -2.31. The first kappa shape index (κ1) is 16.9. The van der Waals surface area contributed by atoms with Crippen molar-refractivity contribution in [2.24, 2.45) is 11.5 Å². The number of carbonyl (C=O) groups excluding carboxylic acids is 2. The predicted octanol–water partition coefficient (Wildman–Crippen LogP) is -1.18. The van der Waals surface area contributed by atoms with Crippen LogP contribution >= 0.6 is 0 Å². The van der Waals surface area contributed by atoms with E-state index >= 15 is 0 Å². The molecule has 0 radical (unpaired) electrons. The molecule has 0 saturated carbocycles. The fourth-order valence-corrected chi connectivity index (χ4v) is 2.28. The van der Waals surface area contributed by atoms with Crippen molar-refractivity contribution in [3.63, 3.8) is 0 Å². The summed E-state index contributed by atoms with van der Waals surface area (Å²) in [6, 6.07) is 2.99. The van der Waals surface area contributed by atoms with Crippen LogP contribution in [0.1, 0.15) is 12.0 Å². The van der Waals surface area contributed by atoms with Crippen molar-refractivity contribution in [3.8, 4) is 0 Å². The smallest absolute Gasteiger partial charge is 0.236 e. The van der Waals surface area contributed by atoms with Crippen molar-refractivity contribution in [1.82, 2.24) is 4.98 Å². The second-order valence-electron chi connectivity index (χ2n) is 4.73. The predicted molar refractivity (Wildman–Crippen MR) is 77.3 cm³/mol. The van der Waals surface area contributed by atoms with Gasteiger partial charge in [-0.2, -0.15) is 0 Å². The summed E-state index contributed by atoms with van der Waals surface area (Å²) in [6.45, 7) is -0.102. The lowest BCUT2D eigenvalue weighted by atomic mass is 10.1. The number of amides is 2. The molecule has 8 nitrogen and oxygen atoms in total. The van der Waals surface area contributed by atoms with Crippen LogP contribution in [0.4, 0.5) is 5.82 Å². The number of sulfone groups is 1. The molecular formula is C12H18N4O4S. The zero-order valence-electron chi connectivity index (χ0n) is 11.9. The van der Waals surface area contributed by atoms with Gasteiger partial charge in [0.25, 0.3) is 0 Å². The van der Waals surface area contributed by atoms with Gasteiger partial charge in [0.05, 0.1) is 6.54 Å². The van der Waals surface area contributed by atoms with Crippen LogP contribution in [0.2, 0.25) is 0 Å². The third kappa shape index (κ3) is 5.38. The minimum atomic E-state index is -3.52. The van der Waals surface area contributed by atoms with Crippen LogP contribution in [-0.2, 0) is 25.8 Å². The van der Waals surface area contributed by atoms with E-state index in [0.717, 1.165) is 6.26 Å². The van der Waals surface area contributed by atoms with Crippen molar-refractivity contribution in [2.45, 2.75) is 17.9 Å². The second kappa shape index (κ2) is 6.53. The summed E-state index contributed by atoms with van der Waals surface area (Å²) in [5, 5.41) is -0.129. The van der Waals surface area contributed by atoms with Crippen molar-refractivity contribution in [3.05, 3.63) is 17.7 Å². The van der Waals surface area contributed by atoms with Gasteiger partial charge in [-0.25, -0.2) is 13.4 Å². The Bertz CT molecular complexity index is 657. The number of aryl methyl sites for hydroxylation is 1. The van der Waals surface area contributed by atoms with Crippen LogP contribution < -0.4 is 16.4 Å². The summed E-state index contributed by atoms with van der Waals surface area (Å²) in [5.74, 6) is -0.765. The van der Waals surface area contributed by atoms with Gasteiger partial charge in [0.15, 0.2) is 14.9 Å². The van der Waals surface area contributed by atoms with E-state index in [-0.39, 0.29) is 30.2 Å². The Kier molecular flexibility index (Phi) is 5.25. The van der Waals surface area contributed by atoms with Gasteiger partial charge in [-0.05, 0) is 24.1 Å². The maximum absolute atomic E-state index is 11.7. The number of anilines is 1. The highest BCUT2D eigenvalue weighted by molar-refractivity contribution is 7.90. The fraction of sp³-hybridized carbons (Fsp3) is 0.417. The van der Waals surface area contributed by atoms with Gasteiger partial charge in [-0.1, -0.05) is 0 Å². The van der Waals surface area contributed by atoms with E-state index in [1.807, 2.05) is 0 Å². The van der Waals surface area contributed by atoms with Gasteiger partial charge in [0.2, 0.25) is 11.8 Å². The average Bonchev–Trinajstić information content (AvgIpc) is 2.34. The molecule has 21 heavy (non-hydrogen) atoms. The number of carbonyl (C=O) groups is 2. The van der Waals surface area contributed by atoms with E-state index in [0.29, 0.717) is 5.56 Å². The highest BCUT2D eigenvalue weighted by atomic mass is 32.2. The lowest BCUT2D eigenvalue weighted by Gasteiger charge is -2.18. The molecule has 0 atom stereocenters. The van der Waals surface area contributed by atoms with Crippen molar-refractivity contribution in [1.29, 1.82) is 0 Å². The van der Waals surface area contributed by atoms with Crippen LogP contribution in [0.25, 0.3) is 0 Å². The topological polar surface area (TPSA) is 136 Å². The maximum Gasteiger partial charge on any atom is 0.236 e. The number of likely N-dealkylation sites (N-methyl/N-ethyl adjacent to an activating group) is 1. The molecule has 0 spiro atoms. The highest BCUT2D eigenvalue weighted by Gasteiger charge is 2.15. The Morgan fingerprint density at radius 1 is 1.24 bits per heavy atom. The van der Waals surface area contributed by atoms with Crippen LogP contribution in [0.15, 0.2) is 17.2 Å². The number of aromatic nitrogens is 1. The highest BCUT2D eigenvalue weighted by Crippen LogP contribution is 2.18.